The van der Waals surface area contributed by atoms with E-state index in [1.165, 1.54) is 16.3 Å². The first kappa shape index (κ1) is 13.8. The second-order valence-corrected chi connectivity index (χ2v) is 5.91. The number of rotatable bonds is 4. The summed E-state index contributed by atoms with van der Waals surface area (Å²) in [7, 11) is 0. The number of hydrogen-bond donors (Lipinski definition) is 2. The van der Waals surface area contributed by atoms with Gasteiger partial charge in [-0.05, 0) is 41.5 Å². The molecule has 0 saturated carbocycles. The number of pyridine rings is 1. The van der Waals surface area contributed by atoms with Crippen LogP contribution in [0.15, 0.2) is 30.5 Å². The predicted octanol–water partition coefficient (Wildman–Crippen LogP) is 3.29. The predicted molar refractivity (Wildman–Crippen MR) is 82.6 cm³/mol. The van der Waals surface area contributed by atoms with Gasteiger partial charge in [-0.25, -0.2) is 4.98 Å². The molecular formula is C16H23N3. The molecular weight excluding hydrogens is 234 g/mol. The Kier molecular flexibility index (Phi) is 4.05. The molecule has 19 heavy (non-hydrogen) atoms. The number of nitrogens with zero attached hydrogens (tertiary/aromatic N) is 1. The highest BCUT2D eigenvalue weighted by molar-refractivity contribution is 5.92. The normalized spacial score (nSPS) is 11.8. The van der Waals surface area contributed by atoms with Crippen molar-refractivity contribution in [2.24, 2.45) is 5.73 Å². The van der Waals surface area contributed by atoms with Crippen LogP contribution < -0.4 is 11.1 Å². The van der Waals surface area contributed by atoms with Gasteiger partial charge in [0.25, 0.3) is 0 Å². The minimum Gasteiger partial charge on any atom is -0.370 e. The third kappa shape index (κ3) is 3.24. The number of anilines is 1. The first-order chi connectivity index (χ1) is 9.02. The van der Waals surface area contributed by atoms with E-state index in [9.17, 15) is 0 Å². The summed E-state index contributed by atoms with van der Waals surface area (Å²) in [5.74, 6) is 0.956. The van der Waals surface area contributed by atoms with Gasteiger partial charge in [0, 0.05) is 18.1 Å². The number of nitrogens with one attached hydrogen (secondary N) is 1. The van der Waals surface area contributed by atoms with Gasteiger partial charge in [-0.2, -0.15) is 0 Å². The SMILES string of the molecule is CC(C)(C)c1ccc2ccnc(NCCCN)c2c1. The van der Waals surface area contributed by atoms with Gasteiger partial charge in [0.1, 0.15) is 5.82 Å². The smallest absolute Gasteiger partial charge is 0.133 e. The van der Waals surface area contributed by atoms with Crippen molar-refractivity contribution < 1.29 is 0 Å². The molecule has 1 aromatic carbocycles. The van der Waals surface area contributed by atoms with Crippen LogP contribution in [-0.4, -0.2) is 18.1 Å². The highest BCUT2D eigenvalue weighted by Crippen LogP contribution is 2.28. The lowest BCUT2D eigenvalue weighted by atomic mass is 9.86. The van der Waals surface area contributed by atoms with Gasteiger partial charge in [0.05, 0.1) is 0 Å². The second kappa shape index (κ2) is 5.57. The summed E-state index contributed by atoms with van der Waals surface area (Å²) < 4.78 is 0. The van der Waals surface area contributed by atoms with Gasteiger partial charge in [-0.15, -0.1) is 0 Å². The molecule has 2 rings (SSSR count). The Bertz CT molecular complexity index is 555. The first-order valence-corrected chi connectivity index (χ1v) is 6.85. The Balaban J connectivity index is 2.40. The summed E-state index contributed by atoms with van der Waals surface area (Å²) in [6.07, 6.45) is 2.81. The number of aromatic nitrogens is 1. The average Bonchev–Trinajstić information content (AvgIpc) is 2.37. The Morgan fingerprint density at radius 3 is 2.68 bits per heavy atom. The molecule has 0 fully saturated rings. The zero-order valence-electron chi connectivity index (χ0n) is 12.0. The van der Waals surface area contributed by atoms with Crippen molar-refractivity contribution in [1.29, 1.82) is 0 Å². The maximum Gasteiger partial charge on any atom is 0.133 e. The lowest BCUT2D eigenvalue weighted by Gasteiger charge is -2.20. The molecule has 0 aliphatic heterocycles. The van der Waals surface area contributed by atoms with Crippen LogP contribution in [0.5, 0.6) is 0 Å². The topological polar surface area (TPSA) is 50.9 Å². The first-order valence-electron chi connectivity index (χ1n) is 6.85. The highest BCUT2D eigenvalue weighted by atomic mass is 15.0. The van der Waals surface area contributed by atoms with Gasteiger partial charge >= 0.3 is 0 Å². The van der Waals surface area contributed by atoms with Crippen LogP contribution in [0.2, 0.25) is 0 Å². The maximum atomic E-state index is 5.53. The fourth-order valence-electron chi connectivity index (χ4n) is 2.08. The van der Waals surface area contributed by atoms with Crippen LogP contribution in [0.4, 0.5) is 5.82 Å². The zero-order valence-corrected chi connectivity index (χ0v) is 12.0. The maximum absolute atomic E-state index is 5.53. The van der Waals surface area contributed by atoms with Crippen molar-refractivity contribution in [3.05, 3.63) is 36.0 Å². The molecule has 0 unspecified atom stereocenters. The molecule has 0 aliphatic rings. The van der Waals surface area contributed by atoms with Gasteiger partial charge in [0.2, 0.25) is 0 Å². The van der Waals surface area contributed by atoms with Crippen LogP contribution in [0, 0.1) is 0 Å². The van der Waals surface area contributed by atoms with Crippen LogP contribution in [0.1, 0.15) is 32.8 Å². The minimum absolute atomic E-state index is 0.151. The van der Waals surface area contributed by atoms with E-state index in [1.807, 2.05) is 6.20 Å². The number of fused-ring (bicyclic) bond motifs is 1. The number of hydrogen-bond acceptors (Lipinski definition) is 3. The van der Waals surface area contributed by atoms with Crippen LogP contribution in [0.25, 0.3) is 10.8 Å². The molecule has 0 saturated heterocycles. The average molecular weight is 257 g/mol. The molecule has 3 nitrogen and oxygen atoms in total. The van der Waals surface area contributed by atoms with Gasteiger partial charge in [0.15, 0.2) is 0 Å². The lowest BCUT2D eigenvalue weighted by Crippen LogP contribution is -2.12. The van der Waals surface area contributed by atoms with Gasteiger partial charge in [-0.1, -0.05) is 32.9 Å². The summed E-state index contributed by atoms with van der Waals surface area (Å²) in [5.41, 5.74) is 7.01. The molecule has 0 bridgehead atoms. The minimum atomic E-state index is 0.151. The summed E-state index contributed by atoms with van der Waals surface area (Å²) >= 11 is 0. The van der Waals surface area contributed by atoms with E-state index >= 15 is 0 Å². The molecule has 1 heterocycles. The second-order valence-electron chi connectivity index (χ2n) is 5.91. The third-order valence-corrected chi connectivity index (χ3v) is 3.31. The quantitative estimate of drug-likeness (QED) is 0.826. The zero-order chi connectivity index (χ0) is 13.9. The Hall–Kier alpha value is -1.61. The number of nitrogens with two attached hydrogens (primary N) is 1. The molecule has 0 aliphatic carbocycles. The molecule has 0 radical (unpaired) electrons. The van der Waals surface area contributed by atoms with Crippen molar-refractivity contribution in [1.82, 2.24) is 4.98 Å². The molecule has 0 amide bonds. The molecule has 0 atom stereocenters. The molecule has 3 N–H and O–H groups in total. The van der Waals surface area contributed by atoms with Crippen molar-refractivity contribution >= 4 is 16.6 Å². The summed E-state index contributed by atoms with van der Waals surface area (Å²) in [5, 5.41) is 5.78. The summed E-state index contributed by atoms with van der Waals surface area (Å²) in [6.45, 7) is 8.25. The van der Waals surface area contributed by atoms with Crippen LogP contribution in [-0.2, 0) is 5.41 Å². The standard InChI is InChI=1S/C16H23N3/c1-16(2,3)13-6-5-12-7-10-19-15(14(12)11-13)18-9-4-8-17/h5-7,10-11H,4,8-9,17H2,1-3H3,(H,18,19). The van der Waals surface area contributed by atoms with Crippen LogP contribution in [0.3, 0.4) is 0 Å². The van der Waals surface area contributed by atoms with E-state index in [4.69, 9.17) is 5.73 Å². The third-order valence-electron chi connectivity index (χ3n) is 3.31. The molecule has 1 aromatic heterocycles. The van der Waals surface area contributed by atoms with Crippen molar-refractivity contribution in [3.8, 4) is 0 Å². The van der Waals surface area contributed by atoms with E-state index in [2.05, 4.69) is 55.3 Å². The Morgan fingerprint density at radius 1 is 1.21 bits per heavy atom. The number of benzene rings is 1. The highest BCUT2D eigenvalue weighted by Gasteiger charge is 2.14. The molecule has 102 valence electrons. The van der Waals surface area contributed by atoms with Gasteiger partial charge < -0.3 is 11.1 Å². The summed E-state index contributed by atoms with van der Waals surface area (Å²) in [6, 6.07) is 8.67. The van der Waals surface area contributed by atoms with Crippen molar-refractivity contribution in [2.75, 3.05) is 18.4 Å². The Morgan fingerprint density at radius 2 is 2.00 bits per heavy atom. The van der Waals surface area contributed by atoms with Crippen molar-refractivity contribution in [3.63, 3.8) is 0 Å². The fourth-order valence-corrected chi connectivity index (χ4v) is 2.08. The fraction of sp³-hybridized carbons (Fsp3) is 0.438. The van der Waals surface area contributed by atoms with E-state index in [0.29, 0.717) is 6.54 Å². The lowest BCUT2D eigenvalue weighted by molar-refractivity contribution is 0.591. The largest absolute Gasteiger partial charge is 0.370 e. The molecule has 2 aromatic rings. The van der Waals surface area contributed by atoms with Crippen molar-refractivity contribution in [2.45, 2.75) is 32.6 Å². The molecule has 0 spiro atoms. The van der Waals surface area contributed by atoms with E-state index < -0.39 is 0 Å². The summed E-state index contributed by atoms with van der Waals surface area (Å²) in [4.78, 5) is 4.45. The van der Waals surface area contributed by atoms with E-state index in [0.717, 1.165) is 18.8 Å². The van der Waals surface area contributed by atoms with Crippen LogP contribution >= 0.6 is 0 Å². The van der Waals surface area contributed by atoms with E-state index in [1.54, 1.807) is 0 Å². The monoisotopic (exact) mass is 257 g/mol. The Labute approximate surface area is 115 Å². The molecule has 3 heteroatoms. The van der Waals surface area contributed by atoms with E-state index in [-0.39, 0.29) is 5.41 Å². The van der Waals surface area contributed by atoms with Gasteiger partial charge in [-0.3, -0.25) is 0 Å².